The summed E-state index contributed by atoms with van der Waals surface area (Å²) in [7, 11) is 1.62. The third-order valence-electron chi connectivity index (χ3n) is 2.26. The highest BCUT2D eigenvalue weighted by Gasteiger charge is 2.19. The molecule has 0 saturated heterocycles. The number of nitrogens with zero attached hydrogens (tertiary/aromatic N) is 3. The van der Waals surface area contributed by atoms with Crippen LogP contribution in [0.3, 0.4) is 0 Å². The maximum absolute atomic E-state index is 10.8. The second kappa shape index (κ2) is 6.15. The first-order valence-corrected chi connectivity index (χ1v) is 5.52. The van der Waals surface area contributed by atoms with Gasteiger partial charge in [0.2, 0.25) is 5.82 Å². The molecule has 0 spiro atoms. The smallest absolute Gasteiger partial charge is 0.313 e. The fourth-order valence-corrected chi connectivity index (χ4v) is 1.58. The molecule has 0 amide bonds. The highest BCUT2D eigenvalue weighted by atomic mass is 35.5. The Hall–Kier alpha value is -1.89. The normalized spacial score (nSPS) is 10.1. The minimum atomic E-state index is -0.901. The summed E-state index contributed by atoms with van der Waals surface area (Å²) in [5, 5.41) is 19.5. The fourth-order valence-electron chi connectivity index (χ4n) is 1.42. The van der Waals surface area contributed by atoms with Crippen LogP contribution in [0.1, 0.15) is 12.8 Å². The summed E-state index contributed by atoms with van der Waals surface area (Å²) in [4.78, 5) is 26.1. The fraction of sp³-hybridized carbons (Fsp3) is 0.400. The van der Waals surface area contributed by atoms with Gasteiger partial charge in [0.1, 0.15) is 0 Å². The van der Waals surface area contributed by atoms with Gasteiger partial charge in [0.15, 0.2) is 0 Å². The summed E-state index contributed by atoms with van der Waals surface area (Å²) in [6.45, 7) is 0.363. The monoisotopic (exact) mass is 273 g/mol. The molecule has 0 radical (unpaired) electrons. The number of rotatable bonds is 6. The number of aromatic nitrogens is 1. The first-order valence-electron chi connectivity index (χ1n) is 5.14. The number of anilines is 1. The number of pyridine rings is 1. The lowest BCUT2D eigenvalue weighted by Gasteiger charge is -2.17. The molecule has 0 bridgehead atoms. The first-order chi connectivity index (χ1) is 8.41. The van der Waals surface area contributed by atoms with Crippen molar-refractivity contribution in [1.29, 1.82) is 0 Å². The summed E-state index contributed by atoms with van der Waals surface area (Å²) >= 11 is 5.65. The summed E-state index contributed by atoms with van der Waals surface area (Å²) < 4.78 is 0. The summed E-state index contributed by atoms with van der Waals surface area (Å²) in [5.74, 6) is -0.725. The number of aliphatic carboxylic acids is 1. The van der Waals surface area contributed by atoms with Gasteiger partial charge in [0.25, 0.3) is 0 Å². The van der Waals surface area contributed by atoms with Crippen LogP contribution in [-0.4, -0.2) is 34.6 Å². The van der Waals surface area contributed by atoms with E-state index in [1.54, 1.807) is 7.05 Å². The number of carboxylic acids is 1. The number of halogens is 1. The molecule has 18 heavy (non-hydrogen) atoms. The van der Waals surface area contributed by atoms with Gasteiger partial charge in [-0.3, -0.25) is 14.9 Å². The Morgan fingerprint density at radius 3 is 2.89 bits per heavy atom. The van der Waals surface area contributed by atoms with E-state index in [4.69, 9.17) is 16.7 Å². The lowest BCUT2D eigenvalue weighted by Crippen LogP contribution is -2.21. The molecule has 0 aromatic carbocycles. The van der Waals surface area contributed by atoms with E-state index in [0.29, 0.717) is 13.0 Å². The Morgan fingerprint density at radius 1 is 1.67 bits per heavy atom. The van der Waals surface area contributed by atoms with Crippen molar-refractivity contribution in [3.63, 3.8) is 0 Å². The number of carboxylic acid groups (broad SMARTS) is 1. The zero-order valence-electron chi connectivity index (χ0n) is 9.67. The van der Waals surface area contributed by atoms with E-state index in [-0.39, 0.29) is 22.9 Å². The molecule has 1 N–H and O–H groups in total. The van der Waals surface area contributed by atoms with E-state index in [0.717, 1.165) is 0 Å². The Balaban J connectivity index is 2.81. The Bertz CT molecular complexity index is 466. The quantitative estimate of drug-likeness (QED) is 0.628. The Morgan fingerprint density at radius 2 is 2.33 bits per heavy atom. The van der Waals surface area contributed by atoms with Crippen LogP contribution >= 0.6 is 11.6 Å². The summed E-state index contributed by atoms with van der Waals surface area (Å²) in [6.07, 6.45) is 1.70. The van der Waals surface area contributed by atoms with E-state index >= 15 is 0 Å². The maximum Gasteiger partial charge on any atom is 0.313 e. The third-order valence-corrected chi connectivity index (χ3v) is 2.46. The molecule has 1 heterocycles. The SMILES string of the molecule is CN(CCCC(=O)O)c1ncc(Cl)cc1[N+](=O)[O-]. The first kappa shape index (κ1) is 14.2. The van der Waals surface area contributed by atoms with Crippen LogP contribution < -0.4 is 4.90 Å². The summed E-state index contributed by atoms with van der Waals surface area (Å²) in [6, 6.07) is 1.22. The predicted molar refractivity (Wildman–Crippen MR) is 66.0 cm³/mol. The van der Waals surface area contributed by atoms with Crippen molar-refractivity contribution in [2.75, 3.05) is 18.5 Å². The average molecular weight is 274 g/mol. The van der Waals surface area contributed by atoms with Crippen LogP contribution in [-0.2, 0) is 4.79 Å². The molecule has 8 heteroatoms. The van der Waals surface area contributed by atoms with Gasteiger partial charge in [-0.1, -0.05) is 11.6 Å². The van der Waals surface area contributed by atoms with Crippen molar-refractivity contribution in [1.82, 2.24) is 4.98 Å². The van der Waals surface area contributed by atoms with Gasteiger partial charge in [-0.25, -0.2) is 4.98 Å². The third kappa shape index (κ3) is 3.85. The zero-order chi connectivity index (χ0) is 13.7. The topological polar surface area (TPSA) is 96.6 Å². The van der Waals surface area contributed by atoms with E-state index in [1.807, 2.05) is 0 Å². The van der Waals surface area contributed by atoms with Crippen LogP contribution in [0.5, 0.6) is 0 Å². The van der Waals surface area contributed by atoms with Gasteiger partial charge >= 0.3 is 11.7 Å². The number of carbonyl (C=O) groups is 1. The average Bonchev–Trinajstić information content (AvgIpc) is 2.28. The van der Waals surface area contributed by atoms with E-state index < -0.39 is 10.9 Å². The van der Waals surface area contributed by atoms with Crippen molar-refractivity contribution >= 4 is 29.1 Å². The molecule has 1 aromatic heterocycles. The van der Waals surface area contributed by atoms with Crippen molar-refractivity contribution in [2.24, 2.45) is 0 Å². The van der Waals surface area contributed by atoms with Gasteiger partial charge < -0.3 is 10.0 Å². The minimum Gasteiger partial charge on any atom is -0.481 e. The lowest BCUT2D eigenvalue weighted by atomic mass is 10.3. The Kier molecular flexibility index (Phi) is 4.85. The highest BCUT2D eigenvalue weighted by molar-refractivity contribution is 6.30. The summed E-state index contributed by atoms with van der Waals surface area (Å²) in [5.41, 5.74) is -0.194. The molecule has 0 aliphatic carbocycles. The van der Waals surface area contributed by atoms with Gasteiger partial charge in [-0.15, -0.1) is 0 Å². The van der Waals surface area contributed by atoms with Crippen molar-refractivity contribution in [3.05, 3.63) is 27.4 Å². The molecule has 1 rings (SSSR count). The van der Waals surface area contributed by atoms with Gasteiger partial charge in [-0.05, 0) is 6.42 Å². The van der Waals surface area contributed by atoms with Crippen LogP contribution in [0.4, 0.5) is 11.5 Å². The molecule has 0 aliphatic rings. The largest absolute Gasteiger partial charge is 0.481 e. The van der Waals surface area contributed by atoms with E-state index in [1.165, 1.54) is 17.2 Å². The number of hydrogen-bond donors (Lipinski definition) is 1. The molecular weight excluding hydrogens is 262 g/mol. The predicted octanol–water partition coefficient (Wildman–Crippen LogP) is 1.94. The molecule has 0 aliphatic heterocycles. The molecule has 0 atom stereocenters. The second-order valence-corrected chi connectivity index (χ2v) is 4.11. The van der Waals surface area contributed by atoms with Gasteiger partial charge in [0, 0.05) is 32.3 Å². The lowest BCUT2D eigenvalue weighted by molar-refractivity contribution is -0.384. The Labute approximate surface area is 108 Å². The second-order valence-electron chi connectivity index (χ2n) is 3.67. The van der Waals surface area contributed by atoms with Crippen molar-refractivity contribution < 1.29 is 14.8 Å². The maximum atomic E-state index is 10.8. The highest BCUT2D eigenvalue weighted by Crippen LogP contribution is 2.27. The van der Waals surface area contributed by atoms with Gasteiger partial charge in [-0.2, -0.15) is 0 Å². The number of nitro groups is 1. The molecule has 0 saturated carbocycles. The van der Waals surface area contributed by atoms with Crippen LogP contribution in [0.2, 0.25) is 5.02 Å². The number of hydrogen-bond acceptors (Lipinski definition) is 5. The molecular formula is C10H12ClN3O4. The zero-order valence-corrected chi connectivity index (χ0v) is 10.4. The minimum absolute atomic E-state index is 0.00568. The van der Waals surface area contributed by atoms with Crippen molar-refractivity contribution in [2.45, 2.75) is 12.8 Å². The molecule has 0 fully saturated rings. The molecule has 7 nitrogen and oxygen atoms in total. The molecule has 0 unspecified atom stereocenters. The molecule has 1 aromatic rings. The van der Waals surface area contributed by atoms with E-state index in [2.05, 4.69) is 4.98 Å². The van der Waals surface area contributed by atoms with E-state index in [9.17, 15) is 14.9 Å². The van der Waals surface area contributed by atoms with Crippen LogP contribution in [0.15, 0.2) is 12.3 Å². The standard InChI is InChI=1S/C10H12ClN3O4/c1-13(4-2-3-9(15)16)10-8(14(17)18)5-7(11)6-12-10/h5-6H,2-4H2,1H3,(H,15,16). The van der Waals surface area contributed by atoms with Crippen LogP contribution in [0, 0.1) is 10.1 Å². The molecule has 98 valence electrons. The van der Waals surface area contributed by atoms with Gasteiger partial charge in [0.05, 0.1) is 9.95 Å². The van der Waals surface area contributed by atoms with Crippen LogP contribution in [0.25, 0.3) is 0 Å². The van der Waals surface area contributed by atoms with Crippen molar-refractivity contribution in [3.8, 4) is 0 Å².